The minimum atomic E-state index is -0.923. The van der Waals surface area contributed by atoms with E-state index < -0.39 is 36.1 Å². The van der Waals surface area contributed by atoms with Crippen LogP contribution in [0, 0.1) is 11.6 Å². The first-order valence-electron chi connectivity index (χ1n) is 11.9. The molecule has 1 saturated heterocycles. The Morgan fingerprint density at radius 1 is 1.11 bits per heavy atom. The molecule has 0 aromatic heterocycles. The Kier molecular flexibility index (Phi) is 5.83. The minimum absolute atomic E-state index is 0.0819. The van der Waals surface area contributed by atoms with Crippen LogP contribution in [0.5, 0.6) is 11.5 Å². The van der Waals surface area contributed by atoms with Crippen molar-refractivity contribution in [3.63, 3.8) is 0 Å². The van der Waals surface area contributed by atoms with Crippen LogP contribution >= 0.6 is 0 Å². The van der Waals surface area contributed by atoms with Crippen molar-refractivity contribution >= 4 is 18.6 Å². The number of halogens is 2. The number of methoxy groups -OCH3 is 1. The smallest absolute Gasteiger partial charge is 0.492 e. The zero-order valence-corrected chi connectivity index (χ0v) is 20.6. The third-order valence-corrected chi connectivity index (χ3v) is 7.67. The summed E-state index contributed by atoms with van der Waals surface area (Å²) in [5.74, 6) is -0.552. The number of hydrogen-bond donors (Lipinski definition) is 0. The largest absolute Gasteiger partial charge is 0.498 e. The third kappa shape index (κ3) is 4.08. The van der Waals surface area contributed by atoms with Gasteiger partial charge in [0.1, 0.15) is 29.2 Å². The maximum Gasteiger partial charge on any atom is 0.498 e. The maximum atomic E-state index is 15.0. The van der Waals surface area contributed by atoms with Crippen molar-refractivity contribution in [2.45, 2.75) is 70.2 Å². The molecule has 0 bridgehead atoms. The average Bonchev–Trinajstić information content (AvgIpc) is 3.42. The topological polar surface area (TPSA) is 63.2 Å². The van der Waals surface area contributed by atoms with Gasteiger partial charge in [-0.1, -0.05) is 6.07 Å². The summed E-state index contributed by atoms with van der Waals surface area (Å²) >= 11 is 0. The molecule has 0 spiro atoms. The van der Waals surface area contributed by atoms with Crippen LogP contribution in [-0.2, 0) is 25.3 Å². The molecule has 6 nitrogen and oxygen atoms in total. The van der Waals surface area contributed by atoms with Gasteiger partial charge in [-0.2, -0.15) is 0 Å². The van der Waals surface area contributed by atoms with Crippen molar-refractivity contribution in [3.05, 3.63) is 52.6 Å². The summed E-state index contributed by atoms with van der Waals surface area (Å²) in [6.07, 6.45) is 0.581. The molecule has 0 N–H and O–H groups in total. The average molecular weight is 486 g/mol. The summed E-state index contributed by atoms with van der Waals surface area (Å²) in [7, 11) is 0.437. The Bertz CT molecular complexity index is 1160. The van der Waals surface area contributed by atoms with Gasteiger partial charge in [-0.25, -0.2) is 8.78 Å². The molecule has 0 radical (unpaired) electrons. The van der Waals surface area contributed by atoms with Crippen molar-refractivity contribution in [1.29, 1.82) is 0 Å². The summed E-state index contributed by atoms with van der Waals surface area (Å²) in [6, 6.07) is 6.29. The van der Waals surface area contributed by atoms with E-state index in [-0.39, 0.29) is 23.8 Å². The van der Waals surface area contributed by atoms with E-state index in [4.69, 9.17) is 23.5 Å². The van der Waals surface area contributed by atoms with Crippen LogP contribution in [0.25, 0.3) is 0 Å². The van der Waals surface area contributed by atoms with E-state index >= 15 is 8.78 Å². The molecule has 2 aromatic carbocycles. The zero-order valence-electron chi connectivity index (χ0n) is 20.6. The lowest BCUT2D eigenvalue weighted by molar-refractivity contribution is -0.141. The van der Waals surface area contributed by atoms with Crippen LogP contribution in [0.15, 0.2) is 24.3 Å². The Morgan fingerprint density at radius 2 is 1.83 bits per heavy atom. The summed E-state index contributed by atoms with van der Waals surface area (Å²) in [6.45, 7) is 7.96. The molecule has 9 heteroatoms. The van der Waals surface area contributed by atoms with Gasteiger partial charge in [0.15, 0.2) is 0 Å². The molecule has 1 aliphatic carbocycles. The molecule has 2 unspecified atom stereocenters. The van der Waals surface area contributed by atoms with Gasteiger partial charge in [0.05, 0.1) is 31.3 Å². The normalized spacial score (nSPS) is 23.6. The molecular formula is C26H29BF2O6. The lowest BCUT2D eigenvalue weighted by Crippen LogP contribution is -2.41. The molecule has 2 aromatic rings. The molecule has 2 heterocycles. The quantitative estimate of drug-likeness (QED) is 0.462. The van der Waals surface area contributed by atoms with E-state index in [9.17, 15) is 4.79 Å². The lowest BCUT2D eigenvalue weighted by Gasteiger charge is -2.32. The number of carbonyl (C=O) groups excluding carboxylic acids is 1. The third-order valence-electron chi connectivity index (χ3n) is 7.67. The second kappa shape index (κ2) is 8.48. The number of rotatable bonds is 5. The maximum absolute atomic E-state index is 15.0. The second-order valence-electron chi connectivity index (χ2n) is 10.4. The molecule has 3 aliphatic rings. The van der Waals surface area contributed by atoms with Gasteiger partial charge in [0.2, 0.25) is 0 Å². The van der Waals surface area contributed by atoms with Gasteiger partial charge >= 0.3 is 13.1 Å². The summed E-state index contributed by atoms with van der Waals surface area (Å²) in [5, 5.41) is 0. The number of hydrogen-bond acceptors (Lipinski definition) is 6. The standard InChI is InChI=1S/C26H29BF2O6/c1-25(2)26(3,4)35-27(34-25)24-17-8-9-20(23(17)18(28)12-19(24)29)33-15-6-7-16-14(10-22(30)31-5)13-32-21(16)11-15/h6-7,11-12,14,20H,8-10,13H2,1-5H3. The van der Waals surface area contributed by atoms with Crippen molar-refractivity contribution < 1.29 is 37.1 Å². The number of carbonyl (C=O) groups is 1. The van der Waals surface area contributed by atoms with Crippen LogP contribution in [0.1, 0.15) is 69.2 Å². The van der Waals surface area contributed by atoms with E-state index in [1.807, 2.05) is 33.8 Å². The zero-order chi connectivity index (χ0) is 25.1. The van der Waals surface area contributed by atoms with Gasteiger partial charge in [-0.3, -0.25) is 4.79 Å². The molecule has 0 saturated carbocycles. The Morgan fingerprint density at radius 3 is 2.51 bits per heavy atom. The van der Waals surface area contributed by atoms with Crippen LogP contribution in [-0.4, -0.2) is 38.0 Å². The van der Waals surface area contributed by atoms with E-state index in [0.29, 0.717) is 42.1 Å². The molecule has 2 aliphatic heterocycles. The first-order chi connectivity index (χ1) is 16.5. The van der Waals surface area contributed by atoms with Gasteiger partial charge in [0.25, 0.3) is 0 Å². The molecule has 1 fully saturated rings. The fraction of sp³-hybridized carbons (Fsp3) is 0.500. The number of fused-ring (bicyclic) bond motifs is 2. The Balaban J connectivity index is 1.40. The van der Waals surface area contributed by atoms with Crippen molar-refractivity contribution in [2.75, 3.05) is 13.7 Å². The number of benzene rings is 2. The lowest BCUT2D eigenvalue weighted by atomic mass is 9.74. The Hall–Kier alpha value is -2.65. The van der Waals surface area contributed by atoms with Crippen molar-refractivity contribution in [1.82, 2.24) is 0 Å². The van der Waals surface area contributed by atoms with Gasteiger partial charge in [-0.15, -0.1) is 0 Å². The summed E-state index contributed by atoms with van der Waals surface area (Å²) in [4.78, 5) is 11.7. The fourth-order valence-electron chi connectivity index (χ4n) is 5.02. The first-order valence-corrected chi connectivity index (χ1v) is 11.9. The van der Waals surface area contributed by atoms with Gasteiger partial charge in [0, 0.05) is 34.6 Å². The highest BCUT2D eigenvalue weighted by Crippen LogP contribution is 2.43. The Labute approximate surface area is 204 Å². The SMILES string of the molecule is COC(=O)CC1COc2cc(OC3CCc4c(B5OC(C)(C)C(C)(C)O5)c(F)cc(F)c43)ccc21. The van der Waals surface area contributed by atoms with E-state index in [0.717, 1.165) is 11.6 Å². The van der Waals surface area contributed by atoms with Gasteiger partial charge in [-0.05, 0) is 52.2 Å². The highest BCUT2D eigenvalue weighted by molar-refractivity contribution is 6.62. The molecular weight excluding hydrogens is 457 g/mol. The van der Waals surface area contributed by atoms with E-state index in [1.54, 1.807) is 12.1 Å². The highest BCUT2D eigenvalue weighted by Gasteiger charge is 2.54. The predicted octanol–water partition coefficient (Wildman–Crippen LogP) is 4.37. The second-order valence-corrected chi connectivity index (χ2v) is 10.4. The fourth-order valence-corrected chi connectivity index (χ4v) is 5.02. The van der Waals surface area contributed by atoms with Crippen LogP contribution < -0.4 is 14.9 Å². The van der Waals surface area contributed by atoms with Crippen molar-refractivity contribution in [3.8, 4) is 11.5 Å². The molecule has 0 amide bonds. The van der Waals surface area contributed by atoms with Crippen LogP contribution in [0.4, 0.5) is 8.78 Å². The van der Waals surface area contributed by atoms with Crippen molar-refractivity contribution in [2.24, 2.45) is 0 Å². The summed E-state index contributed by atoms with van der Waals surface area (Å²) < 4.78 is 58.9. The highest BCUT2D eigenvalue weighted by atomic mass is 19.1. The predicted molar refractivity (Wildman–Crippen MR) is 125 cm³/mol. The first kappa shape index (κ1) is 24.1. The van der Waals surface area contributed by atoms with E-state index in [1.165, 1.54) is 7.11 Å². The minimum Gasteiger partial charge on any atom is -0.492 e. The molecule has 2 atom stereocenters. The number of esters is 1. The number of ether oxygens (including phenoxy) is 3. The molecule has 35 heavy (non-hydrogen) atoms. The molecule has 186 valence electrons. The van der Waals surface area contributed by atoms with Crippen LogP contribution in [0.2, 0.25) is 0 Å². The van der Waals surface area contributed by atoms with Crippen LogP contribution in [0.3, 0.4) is 0 Å². The van der Waals surface area contributed by atoms with Gasteiger partial charge < -0.3 is 23.5 Å². The molecule has 5 rings (SSSR count). The van der Waals surface area contributed by atoms with E-state index in [2.05, 4.69) is 0 Å². The monoisotopic (exact) mass is 486 g/mol. The summed E-state index contributed by atoms with van der Waals surface area (Å²) in [5.41, 5.74) is 0.745.